The van der Waals surface area contributed by atoms with Gasteiger partial charge in [-0.25, -0.2) is 0 Å². The summed E-state index contributed by atoms with van der Waals surface area (Å²) in [7, 11) is 1.35. The number of hydrogen-bond acceptors (Lipinski definition) is 3. The van der Waals surface area contributed by atoms with Crippen molar-refractivity contribution < 1.29 is 61.6 Å². The van der Waals surface area contributed by atoms with E-state index in [1.807, 2.05) is 0 Å². The van der Waals surface area contributed by atoms with Crippen LogP contribution in [0.15, 0.2) is 0 Å². The van der Waals surface area contributed by atoms with Gasteiger partial charge in [0.15, 0.2) is 0 Å². The first kappa shape index (κ1) is 34.8. The summed E-state index contributed by atoms with van der Waals surface area (Å²) >= 11 is 0. The predicted octanol–water partition coefficient (Wildman–Crippen LogP) is 6.22. The number of carboxylic acid groups (broad SMARTS) is 1. The predicted molar refractivity (Wildman–Crippen MR) is 105 cm³/mol. The third-order valence-corrected chi connectivity index (χ3v) is 4.70. The van der Waals surface area contributed by atoms with Crippen LogP contribution in [0, 0.1) is 10.8 Å². The fourth-order valence-electron chi connectivity index (χ4n) is 3.02. The van der Waals surface area contributed by atoms with E-state index < -0.39 is 5.97 Å². The number of esters is 1. The number of carboxylic acids is 1. The zero-order valence-corrected chi connectivity index (χ0v) is 24.4. The summed E-state index contributed by atoms with van der Waals surface area (Å²) in [6.07, 6.45) is 14.6. The minimum absolute atomic E-state index is 0. The van der Waals surface area contributed by atoms with E-state index in [1.165, 1.54) is 78.2 Å². The molecule has 4 nitrogen and oxygen atoms in total. The largest absolute Gasteiger partial charge is 0.481 e. The molecule has 2 rings (SSSR count). The normalized spacial score (nSPS) is 18.6. The topological polar surface area (TPSA) is 63.6 Å². The SMILES string of the molecule is CC(=O)O.CC1(C)CCCCC1.CC1(C)CCCCC1.COC(C)=O.[W].[W]. The molecule has 27 heavy (non-hydrogen) atoms. The number of methoxy groups -OCH3 is 1. The molecule has 0 aromatic heterocycles. The molecule has 2 aliphatic rings. The Morgan fingerprint density at radius 3 is 0.963 bits per heavy atom. The van der Waals surface area contributed by atoms with Crippen LogP contribution >= 0.6 is 0 Å². The molecule has 1 N–H and O–H groups in total. The maximum Gasteiger partial charge on any atom is 0.302 e. The van der Waals surface area contributed by atoms with Crippen LogP contribution in [0.3, 0.4) is 0 Å². The van der Waals surface area contributed by atoms with Gasteiger partial charge in [0.1, 0.15) is 0 Å². The minimum atomic E-state index is -0.833. The maximum absolute atomic E-state index is 9.59. The molecule has 0 atom stereocenters. The Balaban J connectivity index is -0.000000133. The molecule has 2 saturated carbocycles. The zero-order chi connectivity index (χ0) is 19.9. The molecule has 0 amide bonds. The van der Waals surface area contributed by atoms with Crippen molar-refractivity contribution in [1.82, 2.24) is 0 Å². The molecule has 2 fully saturated rings. The molecular weight excluding hydrogens is 684 g/mol. The molecule has 6 heteroatoms. The van der Waals surface area contributed by atoms with E-state index in [9.17, 15) is 4.79 Å². The molecular formula is C21H42O4W2. The number of ether oxygens (including phenoxy) is 1. The van der Waals surface area contributed by atoms with Gasteiger partial charge < -0.3 is 9.84 Å². The average Bonchev–Trinajstić information content (AvgIpc) is 2.47. The van der Waals surface area contributed by atoms with Gasteiger partial charge in [0.2, 0.25) is 0 Å². The van der Waals surface area contributed by atoms with E-state index >= 15 is 0 Å². The molecule has 0 radical (unpaired) electrons. The van der Waals surface area contributed by atoms with Crippen molar-refractivity contribution in [2.45, 2.75) is 106 Å². The smallest absolute Gasteiger partial charge is 0.302 e. The molecule has 0 aliphatic heterocycles. The summed E-state index contributed by atoms with van der Waals surface area (Å²) < 4.78 is 4.11. The van der Waals surface area contributed by atoms with Gasteiger partial charge in [-0.1, -0.05) is 66.2 Å². The van der Waals surface area contributed by atoms with E-state index in [4.69, 9.17) is 9.90 Å². The van der Waals surface area contributed by atoms with E-state index in [2.05, 4.69) is 32.4 Å². The van der Waals surface area contributed by atoms with Crippen molar-refractivity contribution in [1.29, 1.82) is 0 Å². The van der Waals surface area contributed by atoms with Crippen molar-refractivity contribution in [3.63, 3.8) is 0 Å². The molecule has 2 aliphatic carbocycles. The van der Waals surface area contributed by atoms with Crippen LogP contribution in [0.2, 0.25) is 0 Å². The Kier molecular flexibility index (Phi) is 25.3. The number of aliphatic carboxylic acids is 1. The summed E-state index contributed by atoms with van der Waals surface area (Å²) in [5.41, 5.74) is 1.36. The molecule has 0 bridgehead atoms. The van der Waals surface area contributed by atoms with Crippen molar-refractivity contribution in [3.8, 4) is 0 Å². The van der Waals surface area contributed by atoms with Crippen LogP contribution < -0.4 is 0 Å². The Morgan fingerprint density at radius 2 is 0.889 bits per heavy atom. The fraction of sp³-hybridized carbons (Fsp3) is 0.905. The van der Waals surface area contributed by atoms with E-state index in [-0.39, 0.29) is 48.1 Å². The molecule has 0 heterocycles. The van der Waals surface area contributed by atoms with Gasteiger partial charge in [-0.15, -0.1) is 0 Å². The first-order valence-electron chi connectivity index (χ1n) is 9.66. The molecule has 0 spiro atoms. The van der Waals surface area contributed by atoms with Crippen molar-refractivity contribution in [3.05, 3.63) is 0 Å². The third-order valence-electron chi connectivity index (χ3n) is 4.70. The van der Waals surface area contributed by atoms with Crippen LogP contribution in [-0.2, 0) is 56.5 Å². The van der Waals surface area contributed by atoms with Gasteiger partial charge in [0.05, 0.1) is 7.11 Å². The van der Waals surface area contributed by atoms with Crippen LogP contribution in [0.5, 0.6) is 0 Å². The van der Waals surface area contributed by atoms with Crippen LogP contribution in [0.25, 0.3) is 0 Å². The summed E-state index contributed by atoms with van der Waals surface area (Å²) in [5.74, 6) is -1.08. The Labute approximate surface area is 196 Å². The summed E-state index contributed by atoms with van der Waals surface area (Å²) in [5, 5.41) is 7.42. The standard InChI is InChI=1S/2C8H16.C3H6O2.C2H4O2.2W/c2*1-8(2)6-4-3-5-7-8;1-3(4)5-2;1-2(3)4;;/h2*3-7H2,1-2H3;1-2H3;1H3,(H,3,4);;. The second kappa shape index (κ2) is 19.6. The Morgan fingerprint density at radius 1 is 0.704 bits per heavy atom. The van der Waals surface area contributed by atoms with E-state index in [0.29, 0.717) is 10.8 Å². The van der Waals surface area contributed by atoms with Gasteiger partial charge in [0.25, 0.3) is 5.97 Å². The molecule has 0 aromatic carbocycles. The molecule has 0 aromatic rings. The van der Waals surface area contributed by atoms with E-state index in [1.54, 1.807) is 0 Å². The quantitative estimate of drug-likeness (QED) is 0.302. The first-order valence-corrected chi connectivity index (χ1v) is 9.66. The monoisotopic (exact) mass is 726 g/mol. The van der Waals surface area contributed by atoms with Crippen molar-refractivity contribution in [2.75, 3.05) is 7.11 Å². The van der Waals surface area contributed by atoms with E-state index in [0.717, 1.165) is 6.92 Å². The summed E-state index contributed by atoms with van der Waals surface area (Å²) in [6, 6.07) is 0. The average molecular weight is 726 g/mol. The number of carbonyl (C=O) groups excluding carboxylic acids is 1. The second-order valence-electron chi connectivity index (χ2n) is 8.66. The number of hydrogen-bond donors (Lipinski definition) is 1. The van der Waals surface area contributed by atoms with Crippen molar-refractivity contribution in [2.24, 2.45) is 10.8 Å². The Hall–Kier alpha value is 0.317. The van der Waals surface area contributed by atoms with Gasteiger partial charge in [-0.05, 0) is 36.5 Å². The third kappa shape index (κ3) is 31.2. The van der Waals surface area contributed by atoms with Gasteiger partial charge in [-0.3, -0.25) is 9.59 Å². The molecule has 162 valence electrons. The first-order chi connectivity index (χ1) is 11.4. The number of rotatable bonds is 0. The van der Waals surface area contributed by atoms with Crippen LogP contribution in [0.1, 0.15) is 106 Å². The van der Waals surface area contributed by atoms with Crippen molar-refractivity contribution >= 4 is 11.9 Å². The van der Waals surface area contributed by atoms with Gasteiger partial charge in [0, 0.05) is 56.0 Å². The van der Waals surface area contributed by atoms with Gasteiger partial charge >= 0.3 is 5.97 Å². The molecule has 0 unspecified atom stereocenters. The van der Waals surface area contributed by atoms with Crippen LogP contribution in [0.4, 0.5) is 0 Å². The fourth-order valence-corrected chi connectivity index (χ4v) is 3.02. The maximum atomic E-state index is 9.59. The summed E-state index contributed by atoms with van der Waals surface area (Å²) in [6.45, 7) is 12.0. The minimum Gasteiger partial charge on any atom is -0.481 e. The number of carbonyl (C=O) groups is 2. The van der Waals surface area contributed by atoms with Gasteiger partial charge in [-0.2, -0.15) is 0 Å². The second-order valence-corrected chi connectivity index (χ2v) is 8.66. The van der Waals surface area contributed by atoms with Crippen LogP contribution in [-0.4, -0.2) is 24.2 Å². The summed E-state index contributed by atoms with van der Waals surface area (Å²) in [4.78, 5) is 18.6. The molecule has 0 saturated heterocycles. The zero-order valence-electron chi connectivity index (χ0n) is 18.6. The Bertz CT molecular complexity index is 327.